The number of aromatic nitrogens is 3. The summed E-state index contributed by atoms with van der Waals surface area (Å²) < 4.78 is 2.28. The first-order chi connectivity index (χ1) is 13.1. The number of hydrogen-bond acceptors (Lipinski definition) is 4. The molecule has 1 spiro atoms. The summed E-state index contributed by atoms with van der Waals surface area (Å²) in [6.07, 6.45) is 9.59. The lowest BCUT2D eigenvalue weighted by Gasteiger charge is -2.38. The molecule has 0 unspecified atom stereocenters. The quantitative estimate of drug-likeness (QED) is 0.184. The van der Waals surface area contributed by atoms with Crippen molar-refractivity contribution in [3.63, 3.8) is 0 Å². The molecule has 2 heterocycles. The monoisotopic (exact) mass is 520 g/mol. The van der Waals surface area contributed by atoms with Crippen molar-refractivity contribution in [1.29, 1.82) is 0 Å². The van der Waals surface area contributed by atoms with E-state index in [1.165, 1.54) is 32.2 Å². The summed E-state index contributed by atoms with van der Waals surface area (Å²) in [5, 5.41) is 13.3. The molecule has 0 bridgehead atoms. The molecule has 3 rings (SSSR count). The smallest absolute Gasteiger partial charge is 0.193 e. The van der Waals surface area contributed by atoms with Gasteiger partial charge in [0.05, 0.1) is 0 Å². The summed E-state index contributed by atoms with van der Waals surface area (Å²) >= 11 is 1.68. The average molecular weight is 521 g/mol. The number of guanidine groups is 1. The molecule has 8 heteroatoms. The number of rotatable bonds is 8. The molecule has 0 amide bonds. The third kappa shape index (κ3) is 5.77. The van der Waals surface area contributed by atoms with E-state index in [1.54, 1.807) is 11.8 Å². The van der Waals surface area contributed by atoms with Crippen LogP contribution in [0, 0.1) is 11.3 Å². The van der Waals surface area contributed by atoms with Crippen LogP contribution in [0.15, 0.2) is 10.1 Å². The Kier molecular flexibility index (Phi) is 9.37. The standard InChI is InChI=1S/C20H36N6S.HI/c1-5-21-18(25-13-11-20(15-25)9-7-10-20)22-12-6-8-17-23-24-19(27-4)26(17)14-16(2)3;/h16H,5-15H2,1-4H3,(H,21,22);1H. The van der Waals surface area contributed by atoms with Crippen LogP contribution in [0.1, 0.15) is 58.7 Å². The predicted molar refractivity (Wildman–Crippen MR) is 129 cm³/mol. The van der Waals surface area contributed by atoms with Gasteiger partial charge in [-0.2, -0.15) is 0 Å². The molecule has 2 aliphatic rings. The number of aryl methyl sites for hydroxylation is 1. The number of likely N-dealkylation sites (tertiary alicyclic amines) is 1. The van der Waals surface area contributed by atoms with Crippen molar-refractivity contribution >= 4 is 41.7 Å². The Bertz CT molecular complexity index is 641. The fourth-order valence-corrected chi connectivity index (χ4v) is 4.77. The molecule has 1 aromatic rings. The van der Waals surface area contributed by atoms with Crippen molar-refractivity contribution in [3.8, 4) is 0 Å². The Balaban J connectivity index is 0.00000280. The summed E-state index contributed by atoms with van der Waals surface area (Å²) in [7, 11) is 0. The van der Waals surface area contributed by atoms with Gasteiger partial charge in [0.15, 0.2) is 11.1 Å². The van der Waals surface area contributed by atoms with E-state index in [4.69, 9.17) is 4.99 Å². The van der Waals surface area contributed by atoms with E-state index >= 15 is 0 Å². The van der Waals surface area contributed by atoms with Crippen LogP contribution in [-0.4, -0.2) is 58.1 Å². The minimum atomic E-state index is 0. The molecule has 2 fully saturated rings. The Hall–Kier alpha value is -0.510. The van der Waals surface area contributed by atoms with Crippen LogP contribution < -0.4 is 5.32 Å². The van der Waals surface area contributed by atoms with Crippen LogP contribution in [0.4, 0.5) is 0 Å². The number of thioether (sulfide) groups is 1. The number of halogens is 1. The molecule has 1 aliphatic heterocycles. The minimum absolute atomic E-state index is 0. The molecule has 6 nitrogen and oxygen atoms in total. The maximum absolute atomic E-state index is 4.92. The van der Waals surface area contributed by atoms with Crippen molar-refractivity contribution in [2.75, 3.05) is 32.4 Å². The zero-order valence-corrected chi connectivity index (χ0v) is 21.1. The maximum atomic E-state index is 4.92. The van der Waals surface area contributed by atoms with Crippen molar-refractivity contribution in [2.45, 2.75) is 71.0 Å². The van der Waals surface area contributed by atoms with Crippen molar-refractivity contribution in [1.82, 2.24) is 25.0 Å². The van der Waals surface area contributed by atoms with E-state index in [0.717, 1.165) is 56.0 Å². The fourth-order valence-electron chi connectivity index (χ4n) is 4.25. The lowest BCUT2D eigenvalue weighted by atomic mass is 9.68. The second-order valence-electron chi connectivity index (χ2n) is 8.47. The Morgan fingerprint density at radius 1 is 1.29 bits per heavy atom. The first-order valence-electron chi connectivity index (χ1n) is 10.6. The molecule has 1 saturated heterocycles. The van der Waals surface area contributed by atoms with Gasteiger partial charge in [0.1, 0.15) is 5.82 Å². The van der Waals surface area contributed by atoms with Crippen molar-refractivity contribution in [2.24, 2.45) is 16.3 Å². The van der Waals surface area contributed by atoms with Gasteiger partial charge in [-0.3, -0.25) is 4.99 Å². The molecule has 0 aromatic carbocycles. The van der Waals surface area contributed by atoms with Crippen LogP contribution >= 0.6 is 35.7 Å². The lowest BCUT2D eigenvalue weighted by molar-refractivity contribution is 0.151. The van der Waals surface area contributed by atoms with Crippen LogP contribution in [0.2, 0.25) is 0 Å². The fraction of sp³-hybridized carbons (Fsp3) is 0.850. The van der Waals surface area contributed by atoms with Crippen LogP contribution in [-0.2, 0) is 13.0 Å². The Morgan fingerprint density at radius 3 is 2.64 bits per heavy atom. The predicted octanol–water partition coefficient (Wildman–Crippen LogP) is 4.05. The number of nitrogens with zero attached hydrogens (tertiary/aromatic N) is 5. The second kappa shape index (κ2) is 11.0. The van der Waals surface area contributed by atoms with Gasteiger partial charge in [0, 0.05) is 39.1 Å². The minimum Gasteiger partial charge on any atom is -0.357 e. The highest BCUT2D eigenvalue weighted by Crippen LogP contribution is 2.47. The van der Waals surface area contributed by atoms with Crippen molar-refractivity contribution < 1.29 is 0 Å². The average Bonchev–Trinajstić information content (AvgIpc) is 3.22. The molecule has 0 atom stereocenters. The molecular weight excluding hydrogens is 483 g/mol. The highest BCUT2D eigenvalue weighted by atomic mass is 127. The summed E-state index contributed by atoms with van der Waals surface area (Å²) in [5.74, 6) is 2.80. The van der Waals surface area contributed by atoms with Crippen molar-refractivity contribution in [3.05, 3.63) is 5.82 Å². The summed E-state index contributed by atoms with van der Waals surface area (Å²) in [6.45, 7) is 11.8. The van der Waals surface area contributed by atoms with E-state index in [0.29, 0.717) is 11.3 Å². The second-order valence-corrected chi connectivity index (χ2v) is 9.25. The zero-order valence-electron chi connectivity index (χ0n) is 17.9. The summed E-state index contributed by atoms with van der Waals surface area (Å²) in [5.41, 5.74) is 0.609. The lowest BCUT2D eigenvalue weighted by Crippen LogP contribution is -2.42. The van der Waals surface area contributed by atoms with Gasteiger partial charge in [0.25, 0.3) is 0 Å². The maximum Gasteiger partial charge on any atom is 0.193 e. The molecule has 0 radical (unpaired) electrons. The zero-order chi connectivity index (χ0) is 19.3. The van der Waals surface area contributed by atoms with Crippen LogP contribution in [0.25, 0.3) is 0 Å². The van der Waals surface area contributed by atoms with Gasteiger partial charge in [-0.1, -0.05) is 32.0 Å². The number of aliphatic imine (C=N–C) groups is 1. The first kappa shape index (κ1) is 23.8. The Morgan fingerprint density at radius 2 is 2.07 bits per heavy atom. The molecule has 1 saturated carbocycles. The summed E-state index contributed by atoms with van der Waals surface area (Å²) in [6, 6.07) is 0. The van der Waals surface area contributed by atoms with Crippen LogP contribution in [0.3, 0.4) is 0 Å². The molecule has 160 valence electrons. The molecule has 1 aromatic heterocycles. The Labute approximate surface area is 191 Å². The van der Waals surface area contributed by atoms with Gasteiger partial charge >= 0.3 is 0 Å². The molecule has 1 N–H and O–H groups in total. The third-order valence-electron chi connectivity index (χ3n) is 5.83. The molecule has 1 aliphatic carbocycles. The molecular formula is C20H37IN6S. The highest BCUT2D eigenvalue weighted by Gasteiger charge is 2.43. The van der Waals surface area contributed by atoms with Gasteiger partial charge in [-0.25, -0.2) is 0 Å². The van der Waals surface area contributed by atoms with Gasteiger partial charge in [-0.05, 0) is 50.2 Å². The topological polar surface area (TPSA) is 58.3 Å². The SMILES string of the molecule is CCNC(=NCCCc1nnc(SC)n1CC(C)C)N1CCC2(CCC2)C1.I. The largest absolute Gasteiger partial charge is 0.357 e. The van der Waals surface area contributed by atoms with E-state index < -0.39 is 0 Å². The number of nitrogens with one attached hydrogen (secondary N) is 1. The van der Waals surface area contributed by atoms with Crippen LogP contribution in [0.5, 0.6) is 0 Å². The van der Waals surface area contributed by atoms with Gasteiger partial charge in [-0.15, -0.1) is 34.2 Å². The summed E-state index contributed by atoms with van der Waals surface area (Å²) in [4.78, 5) is 7.40. The normalized spacial score (nSPS) is 18.5. The van der Waals surface area contributed by atoms with E-state index in [-0.39, 0.29) is 24.0 Å². The number of hydrogen-bond donors (Lipinski definition) is 1. The van der Waals surface area contributed by atoms with E-state index in [1.807, 2.05) is 0 Å². The van der Waals surface area contributed by atoms with Gasteiger partial charge in [0.2, 0.25) is 0 Å². The van der Waals surface area contributed by atoms with E-state index in [9.17, 15) is 0 Å². The first-order valence-corrected chi connectivity index (χ1v) is 11.8. The van der Waals surface area contributed by atoms with E-state index in [2.05, 4.69) is 52.0 Å². The highest BCUT2D eigenvalue weighted by molar-refractivity contribution is 14.0. The van der Waals surface area contributed by atoms with Gasteiger partial charge < -0.3 is 14.8 Å². The molecule has 28 heavy (non-hydrogen) atoms. The third-order valence-corrected chi connectivity index (χ3v) is 6.50.